The molecule has 1 aromatic heterocycles. The summed E-state index contributed by atoms with van der Waals surface area (Å²) in [6, 6.07) is 2.02. The highest BCUT2D eigenvalue weighted by Gasteiger charge is 2.48. The third kappa shape index (κ3) is 2.96. The Labute approximate surface area is 137 Å². The Morgan fingerprint density at radius 1 is 1.22 bits per heavy atom. The number of rotatable bonds is 3. The summed E-state index contributed by atoms with van der Waals surface area (Å²) in [6.45, 7) is 0.679. The van der Waals surface area contributed by atoms with Gasteiger partial charge in [-0.3, -0.25) is 0 Å². The summed E-state index contributed by atoms with van der Waals surface area (Å²) in [5, 5.41) is 3.50. The van der Waals surface area contributed by atoms with Gasteiger partial charge in [0.05, 0.1) is 23.1 Å². The van der Waals surface area contributed by atoms with Crippen LogP contribution in [0.15, 0.2) is 12.3 Å². The summed E-state index contributed by atoms with van der Waals surface area (Å²) in [4.78, 5) is 9.07. The Kier molecular flexibility index (Phi) is 3.80. The molecular formula is C16H23N3O3S. The molecule has 3 fully saturated rings. The predicted octanol–water partition coefficient (Wildman–Crippen LogP) is 1.89. The van der Waals surface area contributed by atoms with Crippen molar-refractivity contribution in [1.82, 2.24) is 9.97 Å². The maximum atomic E-state index is 11.7. The van der Waals surface area contributed by atoms with E-state index in [1.54, 1.807) is 0 Å². The topological polar surface area (TPSA) is 81.2 Å². The van der Waals surface area contributed by atoms with Crippen LogP contribution in [0.1, 0.15) is 50.3 Å². The first kappa shape index (κ1) is 15.3. The Hall–Kier alpha value is -1.21. The average Bonchev–Trinajstić information content (AvgIpc) is 2.84. The largest absolute Gasteiger partial charge is 0.373 e. The molecule has 6 nitrogen and oxygen atoms in total. The third-order valence-electron chi connectivity index (χ3n) is 5.57. The van der Waals surface area contributed by atoms with E-state index in [0.717, 1.165) is 18.1 Å². The standard InChI is InChI=1S/C16H23N3O3S/c20-23(21)10-6-16(7-11-23)13(5-9-22-16)18-14-4-8-17-15(19-14)12-2-1-3-12/h4,8,12-13H,1-3,5-7,9-11H2,(H,17,18,19). The van der Waals surface area contributed by atoms with Crippen LogP contribution in [-0.2, 0) is 14.6 Å². The fourth-order valence-electron chi connectivity index (χ4n) is 3.82. The lowest BCUT2D eigenvalue weighted by molar-refractivity contribution is -0.00871. The molecule has 1 saturated carbocycles. The molecule has 3 heterocycles. The van der Waals surface area contributed by atoms with Crippen LogP contribution >= 0.6 is 0 Å². The molecule has 0 radical (unpaired) electrons. The van der Waals surface area contributed by atoms with Gasteiger partial charge in [-0.05, 0) is 38.2 Å². The number of sulfone groups is 1. The maximum Gasteiger partial charge on any atom is 0.150 e. The number of nitrogens with zero attached hydrogens (tertiary/aromatic N) is 2. The van der Waals surface area contributed by atoms with E-state index in [4.69, 9.17) is 4.74 Å². The van der Waals surface area contributed by atoms with Crippen LogP contribution in [0, 0.1) is 0 Å². The van der Waals surface area contributed by atoms with Gasteiger partial charge in [-0.25, -0.2) is 18.4 Å². The lowest BCUT2D eigenvalue weighted by Gasteiger charge is -2.38. The zero-order valence-corrected chi connectivity index (χ0v) is 14.0. The van der Waals surface area contributed by atoms with E-state index >= 15 is 0 Å². The summed E-state index contributed by atoms with van der Waals surface area (Å²) in [6.07, 6.45) is 7.48. The summed E-state index contributed by atoms with van der Waals surface area (Å²) in [5.41, 5.74) is -0.354. The van der Waals surface area contributed by atoms with Crippen LogP contribution < -0.4 is 5.32 Å². The quantitative estimate of drug-likeness (QED) is 0.907. The Balaban J connectivity index is 1.49. The molecular weight excluding hydrogens is 314 g/mol. The van der Waals surface area contributed by atoms with Gasteiger partial charge in [0, 0.05) is 18.7 Å². The second-order valence-electron chi connectivity index (χ2n) is 6.98. The van der Waals surface area contributed by atoms with Gasteiger partial charge in [-0.2, -0.15) is 0 Å². The van der Waals surface area contributed by atoms with Gasteiger partial charge in [-0.15, -0.1) is 0 Å². The van der Waals surface area contributed by atoms with Crippen LogP contribution in [0.4, 0.5) is 5.82 Å². The van der Waals surface area contributed by atoms with Crippen molar-refractivity contribution in [1.29, 1.82) is 0 Å². The van der Waals surface area contributed by atoms with Gasteiger partial charge in [0.2, 0.25) is 0 Å². The van der Waals surface area contributed by atoms with E-state index in [1.165, 1.54) is 19.3 Å². The summed E-state index contributed by atoms with van der Waals surface area (Å²) < 4.78 is 29.4. The second kappa shape index (κ2) is 5.70. The molecule has 7 heteroatoms. The van der Waals surface area contributed by atoms with Gasteiger partial charge in [0.1, 0.15) is 11.6 Å². The van der Waals surface area contributed by atoms with E-state index < -0.39 is 9.84 Å². The molecule has 1 atom stereocenters. The minimum atomic E-state index is -2.89. The molecule has 3 aliphatic rings. The fraction of sp³-hybridized carbons (Fsp3) is 0.750. The maximum absolute atomic E-state index is 11.7. The fourth-order valence-corrected chi connectivity index (χ4v) is 5.34. The first-order valence-corrected chi connectivity index (χ1v) is 10.3. The van der Waals surface area contributed by atoms with Crippen LogP contribution in [0.25, 0.3) is 0 Å². The number of nitrogens with one attached hydrogen (secondary N) is 1. The Morgan fingerprint density at radius 2 is 2.00 bits per heavy atom. The van der Waals surface area contributed by atoms with Crippen LogP contribution in [-0.4, -0.2) is 48.1 Å². The predicted molar refractivity (Wildman–Crippen MR) is 87.2 cm³/mol. The zero-order chi connectivity index (χ0) is 15.9. The molecule has 1 unspecified atom stereocenters. The molecule has 2 aliphatic heterocycles. The summed E-state index contributed by atoms with van der Waals surface area (Å²) >= 11 is 0. The number of aromatic nitrogens is 2. The Morgan fingerprint density at radius 3 is 2.70 bits per heavy atom. The summed E-state index contributed by atoms with van der Waals surface area (Å²) in [5.74, 6) is 2.72. The van der Waals surface area contributed by atoms with Crippen molar-refractivity contribution in [3.8, 4) is 0 Å². The molecule has 0 aromatic carbocycles. The molecule has 1 aliphatic carbocycles. The summed E-state index contributed by atoms with van der Waals surface area (Å²) in [7, 11) is -2.89. The number of anilines is 1. The van der Waals surface area contributed by atoms with Gasteiger partial charge in [0.25, 0.3) is 0 Å². The van der Waals surface area contributed by atoms with E-state index in [-0.39, 0.29) is 23.1 Å². The van der Waals surface area contributed by atoms with E-state index in [9.17, 15) is 8.42 Å². The van der Waals surface area contributed by atoms with Gasteiger partial charge < -0.3 is 10.1 Å². The van der Waals surface area contributed by atoms with E-state index in [0.29, 0.717) is 25.4 Å². The number of hydrogen-bond acceptors (Lipinski definition) is 6. The Bertz CT molecular complexity index is 674. The first-order valence-electron chi connectivity index (χ1n) is 8.50. The number of ether oxygens (including phenoxy) is 1. The monoisotopic (exact) mass is 337 g/mol. The molecule has 4 rings (SSSR count). The van der Waals surface area contributed by atoms with Crippen molar-refractivity contribution in [2.45, 2.75) is 56.1 Å². The van der Waals surface area contributed by atoms with Gasteiger partial charge >= 0.3 is 0 Å². The van der Waals surface area contributed by atoms with Crippen molar-refractivity contribution in [3.63, 3.8) is 0 Å². The van der Waals surface area contributed by atoms with Crippen molar-refractivity contribution in [3.05, 3.63) is 18.1 Å². The minimum absolute atomic E-state index is 0.127. The smallest absolute Gasteiger partial charge is 0.150 e. The molecule has 1 N–H and O–H groups in total. The van der Waals surface area contributed by atoms with Crippen LogP contribution in [0.5, 0.6) is 0 Å². The highest BCUT2D eigenvalue weighted by Crippen LogP contribution is 2.39. The highest BCUT2D eigenvalue weighted by molar-refractivity contribution is 7.91. The first-order chi connectivity index (χ1) is 11.1. The van der Waals surface area contributed by atoms with Crippen LogP contribution in [0.3, 0.4) is 0 Å². The lowest BCUT2D eigenvalue weighted by atomic mass is 9.85. The molecule has 1 aromatic rings. The van der Waals surface area contributed by atoms with E-state index in [1.807, 2.05) is 12.3 Å². The molecule has 23 heavy (non-hydrogen) atoms. The lowest BCUT2D eigenvalue weighted by Crippen LogP contribution is -2.49. The van der Waals surface area contributed by atoms with Crippen molar-refractivity contribution >= 4 is 15.7 Å². The number of hydrogen-bond donors (Lipinski definition) is 1. The SMILES string of the molecule is O=S1(=O)CCC2(CC1)OCCC2Nc1ccnc(C2CCC2)n1. The third-order valence-corrected chi connectivity index (χ3v) is 7.22. The normalized spacial score (nSPS) is 29.3. The second-order valence-corrected chi connectivity index (χ2v) is 9.28. The van der Waals surface area contributed by atoms with Crippen molar-refractivity contribution in [2.24, 2.45) is 0 Å². The zero-order valence-electron chi connectivity index (χ0n) is 13.2. The van der Waals surface area contributed by atoms with Crippen LogP contribution in [0.2, 0.25) is 0 Å². The van der Waals surface area contributed by atoms with Gasteiger partial charge in [0.15, 0.2) is 9.84 Å². The molecule has 0 amide bonds. The van der Waals surface area contributed by atoms with Gasteiger partial charge in [-0.1, -0.05) is 6.42 Å². The molecule has 0 bridgehead atoms. The molecule has 1 spiro atoms. The molecule has 126 valence electrons. The van der Waals surface area contributed by atoms with E-state index in [2.05, 4.69) is 15.3 Å². The average molecular weight is 337 g/mol. The molecule has 2 saturated heterocycles. The minimum Gasteiger partial charge on any atom is -0.373 e. The highest BCUT2D eigenvalue weighted by atomic mass is 32.2. The van der Waals surface area contributed by atoms with Crippen molar-refractivity contribution < 1.29 is 13.2 Å². The van der Waals surface area contributed by atoms with Crippen molar-refractivity contribution in [2.75, 3.05) is 23.4 Å².